The van der Waals surface area contributed by atoms with Gasteiger partial charge in [-0.3, -0.25) is 4.79 Å². The van der Waals surface area contributed by atoms with Crippen molar-refractivity contribution in [2.45, 2.75) is 27.8 Å². The Morgan fingerprint density at radius 2 is 1.77 bits per heavy atom. The summed E-state index contributed by atoms with van der Waals surface area (Å²) in [6.45, 7) is 1.96. The summed E-state index contributed by atoms with van der Waals surface area (Å²) in [5.41, 5.74) is 5.34. The highest BCUT2D eigenvalue weighted by Gasteiger charge is 2.09. The molecule has 3 rings (SSSR count). The average Bonchev–Trinajstić information content (AvgIpc) is 3.21. The van der Waals surface area contributed by atoms with Crippen LogP contribution >= 0.6 is 46.5 Å². The highest BCUT2D eigenvalue weighted by molar-refractivity contribution is 8.03. The van der Waals surface area contributed by atoms with Gasteiger partial charge in [0.1, 0.15) is 5.75 Å². The number of hydrogen-bond donors (Lipinski definition) is 2. The zero-order chi connectivity index (χ0) is 21.3. The van der Waals surface area contributed by atoms with Crippen molar-refractivity contribution in [2.24, 2.45) is 5.10 Å². The standard InChI is InChI=1S/C20H19ClN4O2S3/c1-2-17(14-5-9-16(26)10-6-14)22-23-18(27)12-29-20-25-24-19(30-20)28-11-13-3-7-15(21)8-4-13/h3-10,26H,2,11-12H2,1H3,(H,23,27)/b22-17-. The largest absolute Gasteiger partial charge is 0.508 e. The van der Waals surface area contributed by atoms with Gasteiger partial charge < -0.3 is 5.11 Å². The van der Waals surface area contributed by atoms with Crippen molar-refractivity contribution in [3.05, 3.63) is 64.7 Å². The molecule has 0 aliphatic rings. The van der Waals surface area contributed by atoms with E-state index in [1.807, 2.05) is 31.2 Å². The van der Waals surface area contributed by atoms with Gasteiger partial charge in [0.25, 0.3) is 5.91 Å². The summed E-state index contributed by atoms with van der Waals surface area (Å²) in [6, 6.07) is 14.4. The normalized spacial score (nSPS) is 11.5. The van der Waals surface area contributed by atoms with Crippen LogP contribution in [-0.2, 0) is 10.5 Å². The number of phenolic OH excluding ortho intramolecular Hbond substituents is 1. The second-order valence-corrected chi connectivity index (χ2v) is 9.89. The predicted molar refractivity (Wildman–Crippen MR) is 125 cm³/mol. The summed E-state index contributed by atoms with van der Waals surface area (Å²) >= 11 is 10.3. The molecule has 6 nitrogen and oxygen atoms in total. The van der Waals surface area contributed by atoms with E-state index in [0.29, 0.717) is 6.42 Å². The minimum Gasteiger partial charge on any atom is -0.508 e. The molecule has 10 heteroatoms. The molecule has 1 amide bonds. The van der Waals surface area contributed by atoms with Crippen LogP contribution in [0.4, 0.5) is 0 Å². The number of nitrogens with one attached hydrogen (secondary N) is 1. The highest BCUT2D eigenvalue weighted by atomic mass is 35.5. The van der Waals surface area contributed by atoms with E-state index in [2.05, 4.69) is 20.7 Å². The Hall–Kier alpha value is -2.07. The van der Waals surface area contributed by atoms with Gasteiger partial charge in [0.2, 0.25) is 0 Å². The SMILES string of the molecule is CC/C(=N/NC(=O)CSc1nnc(SCc2ccc(Cl)cc2)s1)c1ccc(O)cc1. The first-order chi connectivity index (χ1) is 14.5. The summed E-state index contributed by atoms with van der Waals surface area (Å²) in [4.78, 5) is 12.1. The van der Waals surface area contributed by atoms with Gasteiger partial charge in [-0.15, -0.1) is 10.2 Å². The lowest BCUT2D eigenvalue weighted by molar-refractivity contribution is -0.118. The number of thioether (sulfide) groups is 2. The Morgan fingerprint density at radius 3 is 2.43 bits per heavy atom. The molecule has 1 aromatic heterocycles. The third-order valence-electron chi connectivity index (χ3n) is 3.84. The van der Waals surface area contributed by atoms with E-state index >= 15 is 0 Å². The molecular weight excluding hydrogens is 460 g/mol. The first-order valence-electron chi connectivity index (χ1n) is 9.02. The van der Waals surface area contributed by atoms with Crippen LogP contribution in [0.3, 0.4) is 0 Å². The van der Waals surface area contributed by atoms with Gasteiger partial charge in [-0.2, -0.15) is 5.10 Å². The molecule has 0 saturated heterocycles. The first kappa shape index (κ1) is 22.6. The number of amides is 1. The summed E-state index contributed by atoms with van der Waals surface area (Å²) < 4.78 is 1.59. The number of carbonyl (C=O) groups excluding carboxylic acids is 1. The van der Waals surface area contributed by atoms with Gasteiger partial charge in [-0.05, 0) is 53.9 Å². The van der Waals surface area contributed by atoms with Gasteiger partial charge in [0.05, 0.1) is 11.5 Å². The number of nitrogens with zero attached hydrogens (tertiary/aromatic N) is 3. The Labute approximate surface area is 192 Å². The van der Waals surface area contributed by atoms with Gasteiger partial charge in [0.15, 0.2) is 8.68 Å². The molecule has 1 heterocycles. The minimum absolute atomic E-state index is 0.192. The van der Waals surface area contributed by atoms with Crippen LogP contribution in [0, 0.1) is 0 Å². The molecule has 0 aliphatic heterocycles. The van der Waals surface area contributed by atoms with Crippen molar-refractivity contribution < 1.29 is 9.90 Å². The van der Waals surface area contributed by atoms with E-state index in [-0.39, 0.29) is 17.4 Å². The van der Waals surface area contributed by atoms with E-state index in [1.54, 1.807) is 36.0 Å². The number of aromatic nitrogens is 2. The van der Waals surface area contributed by atoms with Crippen LogP contribution in [0.15, 0.2) is 62.3 Å². The first-order valence-corrected chi connectivity index (χ1v) is 12.2. The molecule has 0 radical (unpaired) electrons. The number of hydrogen-bond acceptors (Lipinski definition) is 8. The molecule has 0 spiro atoms. The van der Waals surface area contributed by atoms with Crippen LogP contribution in [0.25, 0.3) is 0 Å². The molecule has 3 aromatic rings. The zero-order valence-corrected chi connectivity index (χ0v) is 19.2. The molecular formula is C20H19ClN4O2S3. The Balaban J connectivity index is 1.46. The molecule has 0 aliphatic carbocycles. The smallest absolute Gasteiger partial charge is 0.250 e. The summed E-state index contributed by atoms with van der Waals surface area (Å²) in [7, 11) is 0. The maximum Gasteiger partial charge on any atom is 0.250 e. The van der Waals surface area contributed by atoms with E-state index in [0.717, 1.165) is 36.3 Å². The predicted octanol–water partition coefficient (Wildman–Crippen LogP) is 5.21. The molecule has 30 heavy (non-hydrogen) atoms. The summed E-state index contributed by atoms with van der Waals surface area (Å²) in [6.07, 6.45) is 0.656. The number of aromatic hydroxyl groups is 1. The van der Waals surface area contributed by atoms with Crippen LogP contribution in [0.5, 0.6) is 5.75 Å². The fourth-order valence-corrected chi connectivity index (χ4v) is 5.22. The third kappa shape index (κ3) is 7.02. The van der Waals surface area contributed by atoms with Crippen LogP contribution in [-0.4, -0.2) is 32.7 Å². The van der Waals surface area contributed by atoms with Crippen molar-refractivity contribution in [1.29, 1.82) is 0 Å². The molecule has 0 atom stereocenters. The molecule has 2 aromatic carbocycles. The molecule has 0 unspecified atom stereocenters. The molecule has 0 bridgehead atoms. The number of hydrazone groups is 1. The van der Waals surface area contributed by atoms with Crippen molar-refractivity contribution in [3.63, 3.8) is 0 Å². The third-order valence-corrected chi connectivity index (χ3v) is 7.35. The maximum absolute atomic E-state index is 12.1. The van der Waals surface area contributed by atoms with E-state index in [1.165, 1.54) is 23.1 Å². The molecule has 0 fully saturated rings. The fraction of sp³-hybridized carbons (Fsp3) is 0.200. The van der Waals surface area contributed by atoms with Gasteiger partial charge in [-0.25, -0.2) is 5.43 Å². The van der Waals surface area contributed by atoms with Crippen molar-refractivity contribution in [1.82, 2.24) is 15.6 Å². The second kappa shape index (κ2) is 11.4. The fourth-order valence-electron chi connectivity index (χ4n) is 2.33. The Kier molecular flexibility index (Phi) is 8.56. The number of phenols is 1. The van der Waals surface area contributed by atoms with Gasteiger partial charge in [0, 0.05) is 10.8 Å². The molecule has 2 N–H and O–H groups in total. The topological polar surface area (TPSA) is 87.5 Å². The van der Waals surface area contributed by atoms with Crippen molar-refractivity contribution in [3.8, 4) is 5.75 Å². The lowest BCUT2D eigenvalue weighted by atomic mass is 10.1. The summed E-state index contributed by atoms with van der Waals surface area (Å²) in [5.74, 6) is 0.961. The van der Waals surface area contributed by atoms with Gasteiger partial charge in [-0.1, -0.05) is 65.5 Å². The lowest BCUT2D eigenvalue weighted by Gasteiger charge is -2.05. The maximum atomic E-state index is 12.1. The van der Waals surface area contributed by atoms with Crippen molar-refractivity contribution >= 4 is 58.1 Å². The van der Waals surface area contributed by atoms with Crippen molar-refractivity contribution in [2.75, 3.05) is 5.75 Å². The van der Waals surface area contributed by atoms with E-state index < -0.39 is 0 Å². The Bertz CT molecular complexity index is 1010. The second-order valence-electron chi connectivity index (χ2n) is 6.03. The Morgan fingerprint density at radius 1 is 1.10 bits per heavy atom. The van der Waals surface area contributed by atoms with Crippen LogP contribution in [0.2, 0.25) is 5.02 Å². The zero-order valence-electron chi connectivity index (χ0n) is 16.0. The average molecular weight is 479 g/mol. The monoisotopic (exact) mass is 478 g/mol. The summed E-state index contributed by atoms with van der Waals surface area (Å²) in [5, 5.41) is 22.6. The number of rotatable bonds is 9. The molecule has 156 valence electrons. The number of halogens is 1. The highest BCUT2D eigenvalue weighted by Crippen LogP contribution is 2.30. The van der Waals surface area contributed by atoms with Crippen LogP contribution < -0.4 is 5.43 Å². The molecule has 0 saturated carbocycles. The number of benzene rings is 2. The van der Waals surface area contributed by atoms with E-state index in [4.69, 9.17) is 11.6 Å². The lowest BCUT2D eigenvalue weighted by Crippen LogP contribution is -2.21. The van der Waals surface area contributed by atoms with Crippen LogP contribution in [0.1, 0.15) is 24.5 Å². The van der Waals surface area contributed by atoms with E-state index in [9.17, 15) is 9.90 Å². The van der Waals surface area contributed by atoms with Gasteiger partial charge >= 0.3 is 0 Å². The quantitative estimate of drug-likeness (QED) is 0.249. The minimum atomic E-state index is -0.213. The number of carbonyl (C=O) groups is 1.